The molecule has 1 saturated heterocycles. The van der Waals surface area contributed by atoms with E-state index in [1.807, 2.05) is 12.3 Å². The van der Waals surface area contributed by atoms with Gasteiger partial charge in [-0.15, -0.1) is 0 Å². The van der Waals surface area contributed by atoms with Crippen molar-refractivity contribution >= 4 is 0 Å². The summed E-state index contributed by atoms with van der Waals surface area (Å²) in [5, 5.41) is 3.48. The van der Waals surface area contributed by atoms with Crippen LogP contribution in [0.25, 0.3) is 0 Å². The van der Waals surface area contributed by atoms with Crippen molar-refractivity contribution in [3.8, 4) is 0 Å². The van der Waals surface area contributed by atoms with Gasteiger partial charge < -0.3 is 14.8 Å². The van der Waals surface area contributed by atoms with E-state index in [2.05, 4.69) is 15.3 Å². The quantitative estimate of drug-likeness (QED) is 0.869. The van der Waals surface area contributed by atoms with Crippen molar-refractivity contribution in [2.24, 2.45) is 0 Å². The second kappa shape index (κ2) is 5.53. The number of nitrogens with one attached hydrogen (secondary N) is 1. The van der Waals surface area contributed by atoms with Crippen molar-refractivity contribution < 1.29 is 9.47 Å². The molecular formula is C14H21N3O2. The average Bonchev–Trinajstić information content (AvgIpc) is 3.30. The molecule has 0 spiro atoms. The first-order valence-electron chi connectivity index (χ1n) is 7.01. The maximum atomic E-state index is 5.73. The van der Waals surface area contributed by atoms with E-state index in [9.17, 15) is 0 Å². The maximum Gasteiger partial charge on any atom is 0.160 e. The molecule has 0 aromatic carbocycles. The summed E-state index contributed by atoms with van der Waals surface area (Å²) in [6.45, 7) is 2.24. The minimum atomic E-state index is -0.367. The van der Waals surface area contributed by atoms with E-state index in [4.69, 9.17) is 9.47 Å². The van der Waals surface area contributed by atoms with Crippen LogP contribution in [0.3, 0.4) is 0 Å². The van der Waals surface area contributed by atoms with Crippen LogP contribution in [0.15, 0.2) is 12.3 Å². The summed E-state index contributed by atoms with van der Waals surface area (Å²) < 4.78 is 11.1. The van der Waals surface area contributed by atoms with E-state index in [0.717, 1.165) is 30.9 Å². The molecule has 3 rings (SSSR count). The van der Waals surface area contributed by atoms with E-state index < -0.39 is 0 Å². The molecule has 0 unspecified atom stereocenters. The number of aromatic nitrogens is 2. The van der Waals surface area contributed by atoms with Crippen molar-refractivity contribution in [3.63, 3.8) is 0 Å². The molecule has 0 bridgehead atoms. The predicted molar refractivity (Wildman–Crippen MR) is 70.6 cm³/mol. The number of nitrogens with zero attached hydrogens (tertiary/aromatic N) is 2. The summed E-state index contributed by atoms with van der Waals surface area (Å²) >= 11 is 0. The maximum absolute atomic E-state index is 5.73. The highest BCUT2D eigenvalue weighted by molar-refractivity contribution is 5.10. The van der Waals surface area contributed by atoms with Gasteiger partial charge in [0.05, 0.1) is 5.69 Å². The van der Waals surface area contributed by atoms with Crippen LogP contribution in [-0.4, -0.2) is 36.3 Å². The van der Waals surface area contributed by atoms with E-state index in [1.54, 1.807) is 7.11 Å². The summed E-state index contributed by atoms with van der Waals surface area (Å²) in [5.74, 6) is 0.799. The Bertz CT molecular complexity index is 428. The second-order valence-electron chi connectivity index (χ2n) is 5.34. The molecule has 0 amide bonds. The summed E-state index contributed by atoms with van der Waals surface area (Å²) in [6.07, 6.45) is 6.06. The first-order chi connectivity index (χ1) is 9.32. The fraction of sp³-hybridized carbons (Fsp3) is 0.714. The zero-order chi connectivity index (χ0) is 13.1. The van der Waals surface area contributed by atoms with Crippen LogP contribution in [0, 0.1) is 0 Å². The standard InChI is InChI=1S/C14H21N3O2/c1-18-14(5-8-19-9-6-14)13-15-7-4-12(17-13)10-16-11-2-3-11/h4,7,11,16H,2-3,5-6,8-10H2,1H3. The topological polar surface area (TPSA) is 56.3 Å². The zero-order valence-corrected chi connectivity index (χ0v) is 11.4. The molecule has 1 aliphatic heterocycles. The first kappa shape index (κ1) is 13.0. The number of rotatable bonds is 5. The van der Waals surface area contributed by atoms with Gasteiger partial charge in [-0.05, 0) is 18.9 Å². The van der Waals surface area contributed by atoms with Gasteiger partial charge in [0.25, 0.3) is 0 Å². The minimum Gasteiger partial charge on any atom is -0.381 e. The van der Waals surface area contributed by atoms with Gasteiger partial charge in [0.1, 0.15) is 5.60 Å². The second-order valence-corrected chi connectivity index (χ2v) is 5.34. The first-order valence-corrected chi connectivity index (χ1v) is 7.01. The van der Waals surface area contributed by atoms with Gasteiger partial charge in [-0.3, -0.25) is 0 Å². The normalized spacial score (nSPS) is 22.4. The molecule has 1 aliphatic carbocycles. The Hall–Kier alpha value is -1.04. The highest BCUT2D eigenvalue weighted by atomic mass is 16.5. The van der Waals surface area contributed by atoms with E-state index in [-0.39, 0.29) is 5.60 Å². The molecule has 104 valence electrons. The van der Waals surface area contributed by atoms with Gasteiger partial charge in [-0.2, -0.15) is 0 Å². The SMILES string of the molecule is COC1(c2nccc(CNC3CC3)n2)CCOCC1. The van der Waals surface area contributed by atoms with Crippen LogP contribution < -0.4 is 5.32 Å². The van der Waals surface area contributed by atoms with Gasteiger partial charge in [0.15, 0.2) is 5.82 Å². The molecule has 0 atom stereocenters. The Morgan fingerprint density at radius 1 is 1.42 bits per heavy atom. The third kappa shape index (κ3) is 2.94. The fourth-order valence-electron chi connectivity index (χ4n) is 2.47. The lowest BCUT2D eigenvalue weighted by atomic mass is 9.93. The van der Waals surface area contributed by atoms with Gasteiger partial charge in [0.2, 0.25) is 0 Å². The van der Waals surface area contributed by atoms with Gasteiger partial charge in [-0.25, -0.2) is 9.97 Å². The van der Waals surface area contributed by atoms with Crippen LogP contribution in [0.4, 0.5) is 0 Å². The van der Waals surface area contributed by atoms with E-state index in [0.29, 0.717) is 19.3 Å². The Morgan fingerprint density at radius 2 is 2.21 bits per heavy atom. The third-order valence-electron chi connectivity index (χ3n) is 3.96. The number of hydrogen-bond acceptors (Lipinski definition) is 5. The zero-order valence-electron chi connectivity index (χ0n) is 11.4. The molecule has 5 nitrogen and oxygen atoms in total. The van der Waals surface area contributed by atoms with Crippen LogP contribution in [0.5, 0.6) is 0 Å². The van der Waals surface area contributed by atoms with Crippen molar-refractivity contribution in [2.45, 2.75) is 43.9 Å². The van der Waals surface area contributed by atoms with Crippen molar-refractivity contribution in [2.75, 3.05) is 20.3 Å². The van der Waals surface area contributed by atoms with Crippen LogP contribution in [-0.2, 0) is 21.6 Å². The van der Waals surface area contributed by atoms with Crippen molar-refractivity contribution in [1.29, 1.82) is 0 Å². The molecular weight excluding hydrogens is 242 g/mol. The molecule has 1 aromatic rings. The van der Waals surface area contributed by atoms with E-state index in [1.165, 1.54) is 12.8 Å². The minimum absolute atomic E-state index is 0.367. The molecule has 2 fully saturated rings. The van der Waals surface area contributed by atoms with Gasteiger partial charge in [0, 0.05) is 51.9 Å². The molecule has 0 radical (unpaired) electrons. The van der Waals surface area contributed by atoms with E-state index >= 15 is 0 Å². The Balaban J connectivity index is 1.75. The van der Waals surface area contributed by atoms with Gasteiger partial charge >= 0.3 is 0 Å². The largest absolute Gasteiger partial charge is 0.381 e. The predicted octanol–water partition coefficient (Wildman–Crippen LogP) is 1.38. The fourth-order valence-corrected chi connectivity index (χ4v) is 2.47. The number of hydrogen-bond donors (Lipinski definition) is 1. The average molecular weight is 263 g/mol. The van der Waals surface area contributed by atoms with Gasteiger partial charge in [-0.1, -0.05) is 0 Å². The van der Waals surface area contributed by atoms with Crippen LogP contribution >= 0.6 is 0 Å². The molecule has 2 heterocycles. The molecule has 1 saturated carbocycles. The highest BCUT2D eigenvalue weighted by Gasteiger charge is 2.37. The Kier molecular flexibility index (Phi) is 3.77. The molecule has 1 N–H and O–H groups in total. The summed E-state index contributed by atoms with van der Waals surface area (Å²) in [5.41, 5.74) is 0.674. The lowest BCUT2D eigenvalue weighted by Gasteiger charge is -2.34. The van der Waals surface area contributed by atoms with Crippen LogP contribution in [0.2, 0.25) is 0 Å². The lowest BCUT2D eigenvalue weighted by Crippen LogP contribution is -2.37. The Labute approximate surface area is 113 Å². The lowest BCUT2D eigenvalue weighted by molar-refractivity contribution is -0.100. The smallest absolute Gasteiger partial charge is 0.160 e. The summed E-state index contributed by atoms with van der Waals surface area (Å²) in [4.78, 5) is 9.11. The third-order valence-corrected chi connectivity index (χ3v) is 3.96. The Morgan fingerprint density at radius 3 is 2.89 bits per heavy atom. The summed E-state index contributed by atoms with van der Waals surface area (Å²) in [7, 11) is 1.74. The summed E-state index contributed by atoms with van der Waals surface area (Å²) in [6, 6.07) is 2.67. The molecule has 1 aromatic heterocycles. The molecule has 5 heteroatoms. The molecule has 19 heavy (non-hydrogen) atoms. The number of ether oxygens (including phenoxy) is 2. The van der Waals surface area contributed by atoms with Crippen LogP contribution in [0.1, 0.15) is 37.2 Å². The van der Waals surface area contributed by atoms with Crippen molar-refractivity contribution in [1.82, 2.24) is 15.3 Å². The monoisotopic (exact) mass is 263 g/mol. The molecule has 2 aliphatic rings. The number of methoxy groups -OCH3 is 1. The highest BCUT2D eigenvalue weighted by Crippen LogP contribution is 2.33. The van der Waals surface area contributed by atoms with Crippen molar-refractivity contribution in [3.05, 3.63) is 23.8 Å².